The maximum atomic E-state index is 14.6. The lowest BCUT2D eigenvalue weighted by Gasteiger charge is -2.30. The molecule has 304 valence electrons. The van der Waals surface area contributed by atoms with Crippen molar-refractivity contribution in [3.05, 3.63) is 72.3 Å². The number of carbonyl (C=O) groups excluding carboxylic acids is 5. The summed E-state index contributed by atoms with van der Waals surface area (Å²) in [4.78, 5) is 75.2. The van der Waals surface area contributed by atoms with E-state index in [0.717, 1.165) is 26.8 Å². The van der Waals surface area contributed by atoms with E-state index in [9.17, 15) is 32.4 Å². The van der Waals surface area contributed by atoms with Gasteiger partial charge in [-0.15, -0.1) is 17.9 Å². The highest BCUT2D eigenvalue weighted by molar-refractivity contribution is 7.91. The fraction of sp³-hybridized carbons (Fsp3) is 0.463. The van der Waals surface area contributed by atoms with Crippen molar-refractivity contribution >= 4 is 61.7 Å². The highest BCUT2D eigenvalue weighted by Gasteiger charge is 2.62. The third-order valence-corrected chi connectivity index (χ3v) is 12.8. The summed E-state index contributed by atoms with van der Waals surface area (Å²) < 4.78 is 39.6. The van der Waals surface area contributed by atoms with Gasteiger partial charge in [-0.05, 0) is 101 Å². The second-order valence-electron chi connectivity index (χ2n) is 16.1. The molecule has 3 heterocycles. The van der Waals surface area contributed by atoms with Crippen LogP contribution in [0.3, 0.4) is 0 Å². The number of carbonyl (C=O) groups is 5. The largest absolute Gasteiger partial charge is 0.472 e. The molecule has 0 spiro atoms. The number of hydrogen-bond acceptors (Lipinski definition) is 11. The number of thiophene rings is 1. The maximum Gasteiger partial charge on any atom is 0.408 e. The van der Waals surface area contributed by atoms with E-state index in [1.807, 2.05) is 41.8 Å². The molecule has 14 nitrogen and oxygen atoms in total. The molecule has 1 saturated heterocycles. The second-order valence-corrected chi connectivity index (χ2v) is 19.0. The molecule has 3 N–H and O–H groups in total. The van der Waals surface area contributed by atoms with Crippen LogP contribution in [0.2, 0.25) is 0 Å². The lowest BCUT2D eigenvalue weighted by atomic mass is 10.1. The molecule has 5 atom stereocenters. The molecular formula is C41H49N5O9S2. The van der Waals surface area contributed by atoms with E-state index >= 15 is 0 Å². The molecule has 3 fully saturated rings. The van der Waals surface area contributed by atoms with E-state index in [0.29, 0.717) is 12.8 Å². The van der Waals surface area contributed by atoms with Gasteiger partial charge in [-0.3, -0.25) is 23.9 Å². The van der Waals surface area contributed by atoms with E-state index in [-0.39, 0.29) is 43.9 Å². The van der Waals surface area contributed by atoms with Crippen LogP contribution >= 0.6 is 11.3 Å². The first kappa shape index (κ1) is 41.5. The molecule has 0 radical (unpaired) electrons. The van der Waals surface area contributed by atoms with Crippen molar-refractivity contribution in [2.24, 2.45) is 5.92 Å². The van der Waals surface area contributed by atoms with Crippen LogP contribution < -0.4 is 20.1 Å². The number of hydrogen-bond donors (Lipinski definition) is 3. The number of nitrogens with one attached hydrogen (secondary N) is 3. The highest BCUT2D eigenvalue weighted by Crippen LogP contribution is 2.45. The number of benzene rings is 1. The highest BCUT2D eigenvalue weighted by atomic mass is 32.2. The fourth-order valence-electron chi connectivity index (χ4n) is 6.97. The predicted octanol–water partition coefficient (Wildman–Crippen LogP) is 5.19. The van der Waals surface area contributed by atoms with Crippen LogP contribution in [-0.2, 0) is 33.9 Å². The number of allylic oxidation sites excluding steroid dienone is 2. The molecular weight excluding hydrogens is 771 g/mol. The third kappa shape index (κ3) is 9.90. The topological polar surface area (TPSA) is 190 Å². The number of fused-ring (bicyclic) bond motifs is 1. The SMILES string of the molecule is C=C[C@@H]1C[C@]1(NC(=O)[C@@H]1CC(Oc2nccc3ccc(-c4cccs4)cc23)CN1C(=O)[C@H](CCC(=O)C=C(C)C)NC(=O)OC(C)(C)C)C(=O)NS(=O)(=O)C1CC1. The summed E-state index contributed by atoms with van der Waals surface area (Å²) in [7, 11) is -3.94. The Morgan fingerprint density at radius 3 is 2.51 bits per heavy atom. The van der Waals surface area contributed by atoms with E-state index in [1.165, 1.54) is 17.1 Å². The summed E-state index contributed by atoms with van der Waals surface area (Å²) in [5.41, 5.74) is -0.769. The number of pyridine rings is 1. The number of alkyl carbamates (subject to hydrolysis) is 1. The minimum atomic E-state index is -3.94. The molecule has 3 aromatic rings. The smallest absolute Gasteiger partial charge is 0.408 e. The number of amides is 4. The van der Waals surface area contributed by atoms with Gasteiger partial charge < -0.3 is 25.0 Å². The summed E-state index contributed by atoms with van der Waals surface area (Å²) in [6.07, 6.45) is 3.63. The summed E-state index contributed by atoms with van der Waals surface area (Å²) in [5.74, 6) is -2.80. The van der Waals surface area contributed by atoms with Gasteiger partial charge >= 0.3 is 6.09 Å². The first-order chi connectivity index (χ1) is 26.9. The van der Waals surface area contributed by atoms with Gasteiger partial charge in [-0.1, -0.05) is 29.8 Å². The number of ether oxygens (including phenoxy) is 2. The van der Waals surface area contributed by atoms with Crippen LogP contribution in [-0.4, -0.2) is 89.0 Å². The van der Waals surface area contributed by atoms with Gasteiger partial charge in [0, 0.05) is 35.2 Å². The Labute approximate surface area is 336 Å². The van der Waals surface area contributed by atoms with Crippen molar-refractivity contribution in [3.63, 3.8) is 0 Å². The van der Waals surface area contributed by atoms with Gasteiger partial charge in [0.15, 0.2) is 5.78 Å². The molecule has 16 heteroatoms. The van der Waals surface area contributed by atoms with Gasteiger partial charge in [-0.2, -0.15) is 0 Å². The van der Waals surface area contributed by atoms with E-state index in [2.05, 4.69) is 26.9 Å². The molecule has 2 aromatic heterocycles. The van der Waals surface area contributed by atoms with Crippen molar-refractivity contribution in [1.82, 2.24) is 25.2 Å². The van der Waals surface area contributed by atoms with E-state index < -0.39 is 74.3 Å². The van der Waals surface area contributed by atoms with Crippen LogP contribution in [0.5, 0.6) is 5.88 Å². The first-order valence-electron chi connectivity index (χ1n) is 19.0. The second kappa shape index (κ2) is 16.4. The monoisotopic (exact) mass is 819 g/mol. The van der Waals surface area contributed by atoms with Crippen molar-refractivity contribution in [2.75, 3.05) is 6.54 Å². The summed E-state index contributed by atoms with van der Waals surface area (Å²) >= 11 is 1.59. The van der Waals surface area contributed by atoms with Gasteiger partial charge in [0.1, 0.15) is 29.3 Å². The zero-order valence-corrected chi connectivity index (χ0v) is 34.3. The molecule has 0 bridgehead atoms. The van der Waals surface area contributed by atoms with Gasteiger partial charge in [-0.25, -0.2) is 18.2 Å². The lowest BCUT2D eigenvalue weighted by Crippen LogP contribution is -2.58. The van der Waals surface area contributed by atoms with Crippen LogP contribution in [0, 0.1) is 5.92 Å². The third-order valence-electron chi connectivity index (χ3n) is 10.0. The van der Waals surface area contributed by atoms with Gasteiger partial charge in [0.2, 0.25) is 27.7 Å². The Bertz CT molecular complexity index is 2210. The first-order valence-corrected chi connectivity index (χ1v) is 21.4. The van der Waals surface area contributed by atoms with Crippen molar-refractivity contribution in [2.45, 2.75) is 108 Å². The van der Waals surface area contributed by atoms with Gasteiger partial charge in [0.05, 0.1) is 11.8 Å². The maximum absolute atomic E-state index is 14.6. The summed E-state index contributed by atoms with van der Waals surface area (Å²) in [6.45, 7) is 12.2. The van der Waals surface area contributed by atoms with E-state index in [1.54, 1.807) is 52.2 Å². The van der Waals surface area contributed by atoms with Crippen LogP contribution in [0.25, 0.3) is 21.2 Å². The Balaban J connectivity index is 1.31. The van der Waals surface area contributed by atoms with E-state index in [4.69, 9.17) is 9.47 Å². The van der Waals surface area contributed by atoms with Crippen LogP contribution in [0.1, 0.15) is 73.1 Å². The molecule has 4 amide bonds. The number of likely N-dealkylation sites (tertiary alicyclic amines) is 1. The average molecular weight is 820 g/mol. The number of ketones is 1. The quantitative estimate of drug-likeness (QED) is 0.136. The molecule has 1 aliphatic heterocycles. The Hall–Kier alpha value is -5.09. The van der Waals surface area contributed by atoms with Crippen LogP contribution in [0.4, 0.5) is 4.79 Å². The lowest BCUT2D eigenvalue weighted by molar-refractivity contribution is -0.141. The van der Waals surface area contributed by atoms with Crippen LogP contribution in [0.15, 0.2) is 72.3 Å². The molecule has 1 aromatic carbocycles. The average Bonchev–Trinajstić information content (AvgIpc) is 4.01. The predicted molar refractivity (Wildman–Crippen MR) is 216 cm³/mol. The number of nitrogens with zero attached hydrogens (tertiary/aromatic N) is 2. The van der Waals surface area contributed by atoms with Crippen molar-refractivity contribution in [1.29, 1.82) is 0 Å². The Morgan fingerprint density at radius 2 is 1.88 bits per heavy atom. The standard InChI is InChI=1S/C41H49N5O9S2/c1-7-27-22-41(27,38(50)45-57(52,53)30-13-14-30)44-35(48)33-21-29(54-36-31-20-26(34-9-8-18-56-34)11-10-25(31)16-17-42-36)23-46(33)37(49)32(15-12-28(47)19-24(2)3)43-39(51)55-40(4,5)6/h7-11,16-20,27,29-30,32-33H,1,12-15,21-23H2,2-6H3,(H,43,51)(H,44,48)(H,45,50)/t27-,29?,32+,33+,41-/m1/s1. The van der Waals surface area contributed by atoms with Crippen molar-refractivity contribution < 1.29 is 41.9 Å². The minimum absolute atomic E-state index is 0.0348. The zero-order valence-electron chi connectivity index (χ0n) is 32.7. The van der Waals surface area contributed by atoms with Crippen molar-refractivity contribution in [3.8, 4) is 16.3 Å². The zero-order chi connectivity index (χ0) is 41.3. The molecule has 57 heavy (non-hydrogen) atoms. The molecule has 3 aliphatic rings. The number of sulfonamides is 1. The molecule has 1 unspecified atom stereocenters. The number of rotatable bonds is 15. The molecule has 2 saturated carbocycles. The molecule has 2 aliphatic carbocycles. The van der Waals surface area contributed by atoms with Gasteiger partial charge in [0.25, 0.3) is 5.91 Å². The molecule has 6 rings (SSSR count). The summed E-state index contributed by atoms with van der Waals surface area (Å²) in [6, 6.07) is 9.24. The Kier molecular flexibility index (Phi) is 12.0. The summed E-state index contributed by atoms with van der Waals surface area (Å²) in [5, 5.41) is 8.28. The Morgan fingerprint density at radius 1 is 1.12 bits per heavy atom. The minimum Gasteiger partial charge on any atom is -0.472 e. The number of aromatic nitrogens is 1. The normalized spacial score (nSPS) is 22.2. The fourth-order valence-corrected chi connectivity index (χ4v) is 9.06.